The normalized spacial score (nSPS) is 15.7. The van der Waals surface area contributed by atoms with E-state index in [1.165, 1.54) is 0 Å². The van der Waals surface area contributed by atoms with Gasteiger partial charge in [-0.15, -0.1) is 0 Å². The molecule has 0 bridgehead atoms. The molecule has 0 amide bonds. The maximum atomic E-state index is 5.78. The third kappa shape index (κ3) is 6.99. The summed E-state index contributed by atoms with van der Waals surface area (Å²) in [5.74, 6) is 0. The third-order valence-electron chi connectivity index (χ3n) is 1.87. The fourth-order valence-electron chi connectivity index (χ4n) is 1.37. The van der Waals surface area contributed by atoms with Crippen molar-refractivity contribution in [2.24, 2.45) is 0 Å². The summed E-state index contributed by atoms with van der Waals surface area (Å²) in [6.45, 7) is 5.81. The van der Waals surface area contributed by atoms with Gasteiger partial charge in [0.15, 0.2) is 0 Å². The molecule has 2 atom stereocenters. The average Bonchev–Trinajstić information content (AvgIpc) is 2.05. The topological polar surface area (TPSA) is 30.5 Å². The maximum Gasteiger partial charge on any atom is 0.0784 e. The number of hydrogen-bond acceptors (Lipinski definition) is 3. The minimum absolute atomic E-state index is 0.190. The average molecular weight is 189 g/mol. The summed E-state index contributed by atoms with van der Waals surface area (Å²) in [4.78, 5) is 0. The molecule has 0 aromatic heterocycles. The smallest absolute Gasteiger partial charge is 0.0784 e. The molecular formula is C10H23NO2. The molecule has 0 rings (SSSR count). The van der Waals surface area contributed by atoms with Crippen molar-refractivity contribution in [2.45, 2.75) is 38.9 Å². The lowest BCUT2D eigenvalue weighted by atomic mass is 10.2. The lowest BCUT2D eigenvalue weighted by Gasteiger charge is -2.21. The van der Waals surface area contributed by atoms with Crippen LogP contribution in [0.2, 0.25) is 0 Å². The van der Waals surface area contributed by atoms with E-state index in [0.717, 1.165) is 19.4 Å². The van der Waals surface area contributed by atoms with Gasteiger partial charge in [0.25, 0.3) is 0 Å². The molecule has 13 heavy (non-hydrogen) atoms. The largest absolute Gasteiger partial charge is 0.382 e. The first kappa shape index (κ1) is 12.9. The maximum absolute atomic E-state index is 5.78. The number of hydrogen-bond donors (Lipinski definition) is 1. The van der Waals surface area contributed by atoms with Crippen molar-refractivity contribution in [3.63, 3.8) is 0 Å². The number of methoxy groups -OCH3 is 1. The second kappa shape index (κ2) is 8.48. The van der Waals surface area contributed by atoms with Gasteiger partial charge < -0.3 is 14.8 Å². The van der Waals surface area contributed by atoms with Crippen molar-refractivity contribution in [2.75, 3.05) is 27.3 Å². The highest BCUT2D eigenvalue weighted by Crippen LogP contribution is 2.05. The molecular weight excluding hydrogens is 166 g/mol. The van der Waals surface area contributed by atoms with E-state index in [-0.39, 0.29) is 6.10 Å². The number of ether oxygens (including phenoxy) is 2. The van der Waals surface area contributed by atoms with Crippen LogP contribution in [0, 0.1) is 0 Å². The van der Waals surface area contributed by atoms with Gasteiger partial charge in [-0.1, -0.05) is 13.3 Å². The Bertz CT molecular complexity index is 103. The lowest BCUT2D eigenvalue weighted by molar-refractivity contribution is -0.0402. The Morgan fingerprint density at radius 1 is 1.38 bits per heavy atom. The molecule has 0 aromatic rings. The van der Waals surface area contributed by atoms with Crippen LogP contribution < -0.4 is 5.32 Å². The van der Waals surface area contributed by atoms with Crippen LogP contribution in [0.15, 0.2) is 0 Å². The van der Waals surface area contributed by atoms with Crippen LogP contribution >= 0.6 is 0 Å². The Hall–Kier alpha value is -0.120. The summed E-state index contributed by atoms with van der Waals surface area (Å²) in [6.07, 6.45) is 2.77. The molecule has 80 valence electrons. The van der Waals surface area contributed by atoms with Gasteiger partial charge in [0.2, 0.25) is 0 Å². The summed E-state index contributed by atoms with van der Waals surface area (Å²) >= 11 is 0. The Kier molecular flexibility index (Phi) is 8.40. The zero-order chi connectivity index (χ0) is 10.1. The number of nitrogens with one attached hydrogen (secondary N) is 1. The van der Waals surface area contributed by atoms with Gasteiger partial charge in [-0.2, -0.15) is 0 Å². The van der Waals surface area contributed by atoms with Gasteiger partial charge in [-0.05, 0) is 20.4 Å². The van der Waals surface area contributed by atoms with Crippen molar-refractivity contribution in [1.82, 2.24) is 5.32 Å². The van der Waals surface area contributed by atoms with Crippen LogP contribution in [-0.2, 0) is 9.47 Å². The molecule has 0 fully saturated rings. The van der Waals surface area contributed by atoms with E-state index in [4.69, 9.17) is 9.47 Å². The third-order valence-corrected chi connectivity index (χ3v) is 1.87. The van der Waals surface area contributed by atoms with Gasteiger partial charge in [0.1, 0.15) is 0 Å². The molecule has 0 saturated carbocycles. The molecule has 1 N–H and O–H groups in total. The molecule has 0 aromatic carbocycles. The zero-order valence-electron chi connectivity index (χ0n) is 9.30. The molecule has 3 nitrogen and oxygen atoms in total. The van der Waals surface area contributed by atoms with E-state index >= 15 is 0 Å². The van der Waals surface area contributed by atoms with Crippen LogP contribution in [0.4, 0.5) is 0 Å². The van der Waals surface area contributed by atoms with Crippen LogP contribution in [0.1, 0.15) is 26.7 Å². The van der Waals surface area contributed by atoms with E-state index in [1.54, 1.807) is 7.11 Å². The summed E-state index contributed by atoms with van der Waals surface area (Å²) in [5.41, 5.74) is 0. The predicted octanol–water partition coefficient (Wildman–Crippen LogP) is 1.43. The van der Waals surface area contributed by atoms with Crippen LogP contribution in [0.25, 0.3) is 0 Å². The lowest BCUT2D eigenvalue weighted by Crippen LogP contribution is -2.31. The first-order valence-electron chi connectivity index (χ1n) is 5.03. The van der Waals surface area contributed by atoms with Crippen LogP contribution in [0.5, 0.6) is 0 Å². The fourth-order valence-corrected chi connectivity index (χ4v) is 1.37. The highest BCUT2D eigenvalue weighted by molar-refractivity contribution is 4.62. The molecule has 0 saturated heterocycles. The summed E-state index contributed by atoms with van der Waals surface area (Å²) in [5, 5.41) is 3.13. The fraction of sp³-hybridized carbons (Fsp3) is 1.00. The van der Waals surface area contributed by atoms with Gasteiger partial charge in [0.05, 0.1) is 18.8 Å². The standard InChI is InChI=1S/C10H23NO2/c1-5-6-10(7-11-3)13-9(2)8-12-4/h9-11H,5-8H2,1-4H3. The second-order valence-electron chi connectivity index (χ2n) is 3.37. The number of likely N-dealkylation sites (N-methyl/N-ethyl adjacent to an activating group) is 1. The molecule has 0 aliphatic carbocycles. The monoisotopic (exact) mass is 189 g/mol. The van der Waals surface area contributed by atoms with Gasteiger partial charge in [0, 0.05) is 13.7 Å². The van der Waals surface area contributed by atoms with E-state index in [9.17, 15) is 0 Å². The molecule has 0 radical (unpaired) electrons. The van der Waals surface area contributed by atoms with Crippen molar-refractivity contribution >= 4 is 0 Å². The molecule has 0 aliphatic heterocycles. The number of rotatable bonds is 8. The Labute approximate surface area is 81.8 Å². The van der Waals surface area contributed by atoms with Crippen molar-refractivity contribution in [3.8, 4) is 0 Å². The minimum atomic E-state index is 0.190. The summed E-state index contributed by atoms with van der Waals surface area (Å²) in [7, 11) is 3.65. The quantitative estimate of drug-likeness (QED) is 0.626. The highest BCUT2D eigenvalue weighted by Gasteiger charge is 2.11. The first-order valence-corrected chi connectivity index (χ1v) is 5.03. The first-order chi connectivity index (χ1) is 6.24. The van der Waals surface area contributed by atoms with Gasteiger partial charge in [-0.25, -0.2) is 0 Å². The molecule has 0 aliphatic rings. The van der Waals surface area contributed by atoms with E-state index in [2.05, 4.69) is 12.2 Å². The van der Waals surface area contributed by atoms with Gasteiger partial charge >= 0.3 is 0 Å². The molecule has 0 spiro atoms. The van der Waals surface area contributed by atoms with E-state index in [1.807, 2.05) is 14.0 Å². The Morgan fingerprint density at radius 2 is 2.08 bits per heavy atom. The minimum Gasteiger partial charge on any atom is -0.382 e. The molecule has 2 unspecified atom stereocenters. The second-order valence-corrected chi connectivity index (χ2v) is 3.37. The highest BCUT2D eigenvalue weighted by atomic mass is 16.5. The van der Waals surface area contributed by atoms with E-state index in [0.29, 0.717) is 12.7 Å². The van der Waals surface area contributed by atoms with Crippen molar-refractivity contribution < 1.29 is 9.47 Å². The van der Waals surface area contributed by atoms with Gasteiger partial charge in [-0.3, -0.25) is 0 Å². The van der Waals surface area contributed by atoms with Crippen LogP contribution in [-0.4, -0.2) is 39.5 Å². The molecule has 3 heteroatoms. The zero-order valence-corrected chi connectivity index (χ0v) is 9.30. The Morgan fingerprint density at radius 3 is 2.54 bits per heavy atom. The predicted molar refractivity (Wildman–Crippen MR) is 55.0 cm³/mol. The van der Waals surface area contributed by atoms with Crippen LogP contribution in [0.3, 0.4) is 0 Å². The summed E-state index contributed by atoms with van der Waals surface area (Å²) < 4.78 is 10.8. The van der Waals surface area contributed by atoms with Crippen molar-refractivity contribution in [1.29, 1.82) is 0 Å². The van der Waals surface area contributed by atoms with Crippen molar-refractivity contribution in [3.05, 3.63) is 0 Å². The molecule has 0 heterocycles. The summed E-state index contributed by atoms with van der Waals surface area (Å²) in [6, 6.07) is 0. The van der Waals surface area contributed by atoms with E-state index < -0.39 is 0 Å². The SMILES string of the molecule is CCCC(CNC)OC(C)COC. The Balaban J connectivity index is 3.64.